The van der Waals surface area contributed by atoms with Crippen molar-refractivity contribution in [3.05, 3.63) is 0 Å². The normalized spacial score (nSPS) is 51.3. The van der Waals surface area contributed by atoms with Crippen LogP contribution >= 0.6 is 0 Å². The molecule has 0 aromatic rings. The van der Waals surface area contributed by atoms with Gasteiger partial charge in [0, 0.05) is 38.3 Å². The molecule has 4 bridgehead atoms. The van der Waals surface area contributed by atoms with E-state index in [4.69, 9.17) is 0 Å². The van der Waals surface area contributed by atoms with E-state index in [0.717, 1.165) is 41.7 Å². The maximum Gasteiger partial charge on any atom is 0.0153 e. The maximum absolute atomic E-state index is 2.95. The fraction of sp³-hybridized carbons (Fsp3) is 1.00. The van der Waals surface area contributed by atoms with Crippen molar-refractivity contribution >= 4 is 0 Å². The summed E-state index contributed by atoms with van der Waals surface area (Å²) in [5.74, 6) is 5.37. The molecule has 23 heavy (non-hydrogen) atoms. The number of piperazine rings is 1. The second-order valence-corrected chi connectivity index (χ2v) is 9.92. The van der Waals surface area contributed by atoms with Crippen LogP contribution in [0.2, 0.25) is 0 Å². The molecule has 0 amide bonds. The number of rotatable bonds is 2. The van der Waals surface area contributed by atoms with Crippen molar-refractivity contribution in [3.8, 4) is 0 Å². The monoisotopic (exact) mass is 316 g/mol. The Balaban J connectivity index is 1.20. The molecule has 0 radical (unpaired) electrons. The zero-order valence-corrected chi connectivity index (χ0v) is 15.1. The van der Waals surface area contributed by atoms with Crippen molar-refractivity contribution in [2.24, 2.45) is 29.6 Å². The van der Waals surface area contributed by atoms with Gasteiger partial charge in [0.15, 0.2) is 0 Å². The highest BCUT2D eigenvalue weighted by atomic mass is 15.3. The zero-order chi connectivity index (χ0) is 15.4. The van der Waals surface area contributed by atoms with E-state index in [9.17, 15) is 0 Å². The molecule has 5 saturated carbocycles. The molecule has 2 heteroatoms. The van der Waals surface area contributed by atoms with Crippen LogP contribution in [0, 0.1) is 29.6 Å². The van der Waals surface area contributed by atoms with E-state index in [1.807, 2.05) is 0 Å². The third kappa shape index (κ3) is 2.78. The first-order valence-electron chi connectivity index (χ1n) is 10.7. The quantitative estimate of drug-likeness (QED) is 0.759. The molecule has 2 atom stereocenters. The van der Waals surface area contributed by atoms with Gasteiger partial charge in [0.05, 0.1) is 0 Å². The van der Waals surface area contributed by atoms with Crippen LogP contribution in [0.15, 0.2) is 0 Å². The second kappa shape index (κ2) is 6.02. The molecule has 0 unspecified atom stereocenters. The summed E-state index contributed by atoms with van der Waals surface area (Å²) in [5.41, 5.74) is 0. The van der Waals surface area contributed by atoms with Gasteiger partial charge < -0.3 is 0 Å². The minimum Gasteiger partial charge on any atom is -0.298 e. The predicted molar refractivity (Wildman–Crippen MR) is 95.4 cm³/mol. The van der Waals surface area contributed by atoms with E-state index in [1.54, 1.807) is 32.1 Å². The van der Waals surface area contributed by atoms with Crippen molar-refractivity contribution in [3.63, 3.8) is 0 Å². The minimum absolute atomic E-state index is 0.916. The largest absolute Gasteiger partial charge is 0.298 e. The van der Waals surface area contributed by atoms with Crippen LogP contribution in [0.25, 0.3) is 0 Å². The Hall–Kier alpha value is -0.0800. The van der Waals surface area contributed by atoms with Crippen molar-refractivity contribution < 1.29 is 0 Å². The number of hydrogen-bond donors (Lipinski definition) is 0. The van der Waals surface area contributed by atoms with Crippen LogP contribution < -0.4 is 0 Å². The molecule has 0 N–H and O–H groups in total. The van der Waals surface area contributed by atoms with Crippen molar-refractivity contribution in [1.29, 1.82) is 0 Å². The molecular formula is C21H36N2. The van der Waals surface area contributed by atoms with Crippen LogP contribution in [0.3, 0.4) is 0 Å². The summed E-state index contributed by atoms with van der Waals surface area (Å²) in [5, 5.41) is 0. The second-order valence-electron chi connectivity index (χ2n) is 9.92. The van der Waals surface area contributed by atoms with Crippen LogP contribution in [0.4, 0.5) is 0 Å². The predicted octanol–water partition coefficient (Wildman–Crippen LogP) is 4.01. The van der Waals surface area contributed by atoms with Crippen LogP contribution in [0.1, 0.15) is 64.7 Å². The van der Waals surface area contributed by atoms with E-state index in [0.29, 0.717) is 0 Å². The lowest BCUT2D eigenvalue weighted by atomic mass is 9.54. The summed E-state index contributed by atoms with van der Waals surface area (Å²) in [4.78, 5) is 5.82. The lowest BCUT2D eigenvalue weighted by Crippen LogP contribution is -2.61. The van der Waals surface area contributed by atoms with Gasteiger partial charge in [-0.05, 0) is 74.5 Å². The Morgan fingerprint density at radius 3 is 1.87 bits per heavy atom. The van der Waals surface area contributed by atoms with Crippen LogP contribution in [-0.2, 0) is 0 Å². The fourth-order valence-corrected chi connectivity index (χ4v) is 7.63. The van der Waals surface area contributed by atoms with Crippen molar-refractivity contribution in [2.45, 2.75) is 76.8 Å². The fourth-order valence-electron chi connectivity index (χ4n) is 7.63. The molecule has 0 spiro atoms. The van der Waals surface area contributed by atoms with E-state index in [2.05, 4.69) is 16.7 Å². The van der Waals surface area contributed by atoms with E-state index in [1.165, 1.54) is 51.9 Å². The van der Waals surface area contributed by atoms with E-state index >= 15 is 0 Å². The summed E-state index contributed by atoms with van der Waals surface area (Å²) in [6.07, 6.45) is 13.8. The highest BCUT2D eigenvalue weighted by Gasteiger charge is 2.50. The molecule has 6 aliphatic rings. The van der Waals surface area contributed by atoms with Crippen molar-refractivity contribution in [1.82, 2.24) is 9.80 Å². The lowest BCUT2D eigenvalue weighted by Gasteiger charge is -2.58. The summed E-state index contributed by atoms with van der Waals surface area (Å²) < 4.78 is 0. The summed E-state index contributed by atoms with van der Waals surface area (Å²) in [6, 6.07) is 1.90. The maximum atomic E-state index is 2.95. The van der Waals surface area contributed by atoms with E-state index in [-0.39, 0.29) is 0 Å². The Morgan fingerprint density at radius 2 is 1.26 bits per heavy atom. The van der Waals surface area contributed by atoms with E-state index < -0.39 is 0 Å². The minimum atomic E-state index is 0.916. The Labute approximate surface area is 143 Å². The van der Waals surface area contributed by atoms with Gasteiger partial charge in [-0.2, -0.15) is 0 Å². The van der Waals surface area contributed by atoms with Gasteiger partial charge in [-0.15, -0.1) is 0 Å². The molecular weight excluding hydrogens is 280 g/mol. The molecule has 0 aromatic carbocycles. The molecule has 5 aliphatic carbocycles. The number of hydrogen-bond acceptors (Lipinski definition) is 2. The van der Waals surface area contributed by atoms with Crippen LogP contribution in [0.5, 0.6) is 0 Å². The Kier molecular flexibility index (Phi) is 3.98. The average molecular weight is 317 g/mol. The third-order valence-electron chi connectivity index (χ3n) is 8.37. The van der Waals surface area contributed by atoms with Crippen molar-refractivity contribution in [2.75, 3.05) is 26.2 Å². The molecule has 1 aliphatic heterocycles. The highest BCUT2D eigenvalue weighted by Crippen LogP contribution is 2.55. The topological polar surface area (TPSA) is 6.48 Å². The van der Waals surface area contributed by atoms with Gasteiger partial charge >= 0.3 is 0 Å². The summed E-state index contributed by atoms with van der Waals surface area (Å²) >= 11 is 0. The molecule has 1 heterocycles. The lowest BCUT2D eigenvalue weighted by molar-refractivity contribution is -0.0804. The summed E-state index contributed by atoms with van der Waals surface area (Å²) in [7, 11) is 0. The van der Waals surface area contributed by atoms with Gasteiger partial charge in [0.25, 0.3) is 0 Å². The SMILES string of the molecule is C[C@@H]1CCC[C@H](N2CCN(C3C4CC5CC(C4)CC3C5)CC2)C1. The molecule has 6 fully saturated rings. The average Bonchev–Trinajstić information content (AvgIpc) is 2.54. The molecule has 130 valence electrons. The van der Waals surface area contributed by atoms with Gasteiger partial charge in [-0.3, -0.25) is 9.80 Å². The first-order chi connectivity index (χ1) is 11.3. The zero-order valence-electron chi connectivity index (χ0n) is 15.1. The van der Waals surface area contributed by atoms with Gasteiger partial charge in [0.2, 0.25) is 0 Å². The molecule has 1 saturated heterocycles. The third-order valence-corrected chi connectivity index (χ3v) is 8.37. The van der Waals surface area contributed by atoms with Gasteiger partial charge in [0.1, 0.15) is 0 Å². The Bertz CT molecular complexity index is 398. The number of nitrogens with zero attached hydrogens (tertiary/aromatic N) is 2. The van der Waals surface area contributed by atoms with Crippen LogP contribution in [-0.4, -0.2) is 48.1 Å². The first-order valence-corrected chi connectivity index (χ1v) is 10.7. The smallest absolute Gasteiger partial charge is 0.0153 e. The Morgan fingerprint density at radius 1 is 0.652 bits per heavy atom. The summed E-state index contributed by atoms with van der Waals surface area (Å²) in [6.45, 7) is 7.94. The molecule has 6 rings (SSSR count). The first kappa shape index (κ1) is 15.2. The molecule has 2 nitrogen and oxygen atoms in total. The highest BCUT2D eigenvalue weighted by molar-refractivity contribution is 5.03. The molecule has 0 aromatic heterocycles. The van der Waals surface area contributed by atoms with Gasteiger partial charge in [-0.25, -0.2) is 0 Å². The van der Waals surface area contributed by atoms with Gasteiger partial charge in [-0.1, -0.05) is 19.8 Å². The standard InChI is InChI=1S/C21H36N2/c1-15-3-2-4-20(9-15)22-5-7-23(8-6-22)21-18-11-16-10-17(13-18)14-19(21)12-16/h15-21H,2-14H2,1H3/t15-,16?,17?,18?,19?,20+,21?/m1/s1.